The number of carboxylic acids is 1. The first-order valence-corrected chi connectivity index (χ1v) is 5.65. The van der Waals surface area contributed by atoms with Gasteiger partial charge in [0.05, 0.1) is 32.3 Å². The number of hydrogen-bond donors (Lipinski definition) is 1. The van der Waals surface area contributed by atoms with E-state index in [4.69, 9.17) is 14.6 Å². The molecule has 0 saturated heterocycles. The number of carboxylic acid groups (broad SMARTS) is 1. The molecule has 0 aromatic heterocycles. The van der Waals surface area contributed by atoms with Gasteiger partial charge >= 0.3 is 5.97 Å². The summed E-state index contributed by atoms with van der Waals surface area (Å²) in [5.74, 6) is -1.27. The molecule has 0 radical (unpaired) electrons. The van der Waals surface area contributed by atoms with Crippen LogP contribution in [-0.4, -0.2) is 41.9 Å². The maximum atomic E-state index is 10.4. The number of alkyl halides is 1. The van der Waals surface area contributed by atoms with E-state index in [1.54, 1.807) is 6.92 Å². The van der Waals surface area contributed by atoms with Crippen LogP contribution in [0.25, 0.3) is 0 Å². The average Bonchev–Trinajstić information content (AvgIpc) is 2.10. The molecule has 1 unspecified atom stereocenters. The second kappa shape index (κ2) is 8.71. The minimum atomic E-state index is -0.826. The Labute approximate surface area is 91.7 Å². The van der Waals surface area contributed by atoms with E-state index >= 15 is 0 Å². The van der Waals surface area contributed by atoms with Crippen LogP contribution in [0, 0.1) is 5.92 Å². The molecule has 13 heavy (non-hydrogen) atoms. The van der Waals surface area contributed by atoms with Crippen LogP contribution in [0.5, 0.6) is 0 Å². The first-order chi connectivity index (χ1) is 6.18. The summed E-state index contributed by atoms with van der Waals surface area (Å²) in [4.78, 5) is 10.4. The van der Waals surface area contributed by atoms with Crippen molar-refractivity contribution >= 4 is 28.6 Å². The molecule has 0 heterocycles. The second-order valence-electron chi connectivity index (χ2n) is 2.62. The molecule has 0 saturated carbocycles. The van der Waals surface area contributed by atoms with Crippen LogP contribution in [0.2, 0.25) is 0 Å². The van der Waals surface area contributed by atoms with Gasteiger partial charge in [0.15, 0.2) is 0 Å². The molecule has 0 rings (SSSR count). The Hall–Kier alpha value is 0.120. The molecule has 0 aliphatic heterocycles. The van der Waals surface area contributed by atoms with E-state index in [1.807, 2.05) is 0 Å². The van der Waals surface area contributed by atoms with Crippen LogP contribution in [0.4, 0.5) is 0 Å². The lowest BCUT2D eigenvalue weighted by atomic mass is 10.2. The van der Waals surface area contributed by atoms with Crippen molar-refractivity contribution in [1.82, 2.24) is 0 Å². The van der Waals surface area contributed by atoms with Gasteiger partial charge in [-0.3, -0.25) is 4.79 Å². The third-order valence-electron chi connectivity index (χ3n) is 1.38. The minimum Gasteiger partial charge on any atom is -0.481 e. The van der Waals surface area contributed by atoms with E-state index < -0.39 is 11.9 Å². The van der Waals surface area contributed by atoms with Gasteiger partial charge in [-0.25, -0.2) is 0 Å². The summed E-state index contributed by atoms with van der Waals surface area (Å²) in [5, 5.41) is 8.51. The van der Waals surface area contributed by atoms with Crippen molar-refractivity contribution in [2.45, 2.75) is 6.92 Å². The second-order valence-corrected chi connectivity index (χ2v) is 3.69. The number of ether oxygens (including phenoxy) is 2. The topological polar surface area (TPSA) is 55.8 Å². The highest BCUT2D eigenvalue weighted by atomic mass is 127. The lowest BCUT2D eigenvalue weighted by Crippen LogP contribution is -2.17. The fourth-order valence-corrected chi connectivity index (χ4v) is 0.917. The predicted octanol–water partition coefficient (Wildman–Crippen LogP) is 1.18. The molecular formula is C8H15IO4. The molecule has 0 bridgehead atoms. The minimum absolute atomic E-state index is 0.253. The van der Waals surface area contributed by atoms with Crippen molar-refractivity contribution in [3.05, 3.63) is 0 Å². The number of rotatable bonds is 8. The molecular weight excluding hydrogens is 287 g/mol. The number of carbonyl (C=O) groups is 1. The molecule has 0 fully saturated rings. The van der Waals surface area contributed by atoms with Crippen LogP contribution in [-0.2, 0) is 14.3 Å². The van der Waals surface area contributed by atoms with Crippen molar-refractivity contribution in [3.8, 4) is 0 Å². The molecule has 0 spiro atoms. The lowest BCUT2D eigenvalue weighted by Gasteiger charge is -2.07. The van der Waals surface area contributed by atoms with Crippen molar-refractivity contribution < 1.29 is 19.4 Å². The SMILES string of the molecule is CC(COCCOCCI)C(=O)O. The fourth-order valence-electron chi connectivity index (χ4n) is 0.606. The number of hydrogen-bond acceptors (Lipinski definition) is 3. The summed E-state index contributed by atoms with van der Waals surface area (Å²) >= 11 is 2.22. The Kier molecular flexibility index (Phi) is 8.79. The maximum Gasteiger partial charge on any atom is 0.308 e. The van der Waals surface area contributed by atoms with E-state index in [0.29, 0.717) is 13.2 Å². The van der Waals surface area contributed by atoms with E-state index in [0.717, 1.165) is 11.0 Å². The van der Waals surface area contributed by atoms with Crippen LogP contribution in [0.15, 0.2) is 0 Å². The fraction of sp³-hybridized carbons (Fsp3) is 0.875. The Morgan fingerprint density at radius 2 is 2.00 bits per heavy atom. The Balaban J connectivity index is 3.11. The zero-order valence-corrected chi connectivity index (χ0v) is 9.82. The highest BCUT2D eigenvalue weighted by Gasteiger charge is 2.09. The highest BCUT2D eigenvalue weighted by Crippen LogP contribution is 1.95. The normalized spacial score (nSPS) is 12.8. The molecule has 1 N–H and O–H groups in total. The Bertz CT molecular complexity index is 140. The first-order valence-electron chi connectivity index (χ1n) is 4.12. The van der Waals surface area contributed by atoms with Crippen molar-refractivity contribution in [3.63, 3.8) is 0 Å². The quantitative estimate of drug-likeness (QED) is 0.415. The number of aliphatic carboxylic acids is 1. The van der Waals surface area contributed by atoms with Crippen LogP contribution < -0.4 is 0 Å². The molecule has 5 heteroatoms. The Morgan fingerprint density at radius 1 is 1.38 bits per heavy atom. The van der Waals surface area contributed by atoms with Gasteiger partial charge < -0.3 is 14.6 Å². The zero-order valence-electron chi connectivity index (χ0n) is 7.66. The molecule has 0 aliphatic carbocycles. The van der Waals surface area contributed by atoms with Crippen molar-refractivity contribution in [1.29, 1.82) is 0 Å². The average molecular weight is 302 g/mol. The number of halogens is 1. The maximum absolute atomic E-state index is 10.4. The summed E-state index contributed by atoms with van der Waals surface area (Å²) in [5.41, 5.74) is 0. The van der Waals surface area contributed by atoms with Crippen LogP contribution in [0.3, 0.4) is 0 Å². The molecule has 1 atom stereocenters. The van der Waals surface area contributed by atoms with Gasteiger partial charge in [0.2, 0.25) is 0 Å². The summed E-state index contributed by atoms with van der Waals surface area (Å²) in [6.07, 6.45) is 0. The van der Waals surface area contributed by atoms with Crippen molar-refractivity contribution in [2.24, 2.45) is 5.92 Å². The van der Waals surface area contributed by atoms with Gasteiger partial charge in [-0.2, -0.15) is 0 Å². The largest absolute Gasteiger partial charge is 0.481 e. The van der Waals surface area contributed by atoms with Crippen LogP contribution in [0.1, 0.15) is 6.92 Å². The standard InChI is InChI=1S/C8H15IO4/c1-7(8(10)11)6-13-5-4-12-3-2-9/h7H,2-6H2,1H3,(H,10,11). The summed E-state index contributed by atoms with van der Waals surface area (Å²) in [6.45, 7) is 3.60. The molecule has 0 aromatic carbocycles. The summed E-state index contributed by atoms with van der Waals surface area (Å²) in [6, 6.07) is 0. The molecule has 78 valence electrons. The van der Waals surface area contributed by atoms with Gasteiger partial charge in [0.1, 0.15) is 0 Å². The summed E-state index contributed by atoms with van der Waals surface area (Å²) < 4.78 is 11.2. The van der Waals surface area contributed by atoms with Gasteiger partial charge in [-0.1, -0.05) is 22.6 Å². The zero-order chi connectivity index (χ0) is 10.1. The van der Waals surface area contributed by atoms with Gasteiger partial charge in [-0.05, 0) is 6.92 Å². The molecule has 0 aromatic rings. The monoisotopic (exact) mass is 302 g/mol. The van der Waals surface area contributed by atoms with E-state index in [1.165, 1.54) is 0 Å². The van der Waals surface area contributed by atoms with Gasteiger partial charge in [-0.15, -0.1) is 0 Å². The molecule has 0 aliphatic rings. The lowest BCUT2D eigenvalue weighted by molar-refractivity contribution is -0.143. The first kappa shape index (κ1) is 13.1. The third kappa shape index (κ3) is 8.45. The predicted molar refractivity (Wildman–Crippen MR) is 57.3 cm³/mol. The highest BCUT2D eigenvalue weighted by molar-refractivity contribution is 14.1. The third-order valence-corrected chi connectivity index (χ3v) is 1.82. The van der Waals surface area contributed by atoms with E-state index in [2.05, 4.69) is 22.6 Å². The molecule has 0 amide bonds. The van der Waals surface area contributed by atoms with Gasteiger partial charge in [0.25, 0.3) is 0 Å². The Morgan fingerprint density at radius 3 is 2.54 bits per heavy atom. The smallest absolute Gasteiger partial charge is 0.308 e. The van der Waals surface area contributed by atoms with Crippen LogP contribution >= 0.6 is 22.6 Å². The van der Waals surface area contributed by atoms with E-state index in [9.17, 15) is 4.79 Å². The van der Waals surface area contributed by atoms with Gasteiger partial charge in [0, 0.05) is 4.43 Å². The summed E-state index contributed by atoms with van der Waals surface area (Å²) in [7, 11) is 0. The molecule has 4 nitrogen and oxygen atoms in total. The van der Waals surface area contributed by atoms with E-state index in [-0.39, 0.29) is 6.61 Å². The van der Waals surface area contributed by atoms with Crippen molar-refractivity contribution in [2.75, 3.05) is 30.9 Å².